The molecule has 0 fully saturated rings. The largest absolute Gasteiger partial charge is 0.320 e. The molecule has 7 nitrogen and oxygen atoms in total. The van der Waals surface area contributed by atoms with E-state index in [1.54, 1.807) is 10.9 Å². The second kappa shape index (κ2) is 8.48. The SMILES string of the molecule is CCC(C)NC(Cc1cn(CC(N)C(C)=O)nn1)C(=O)C(C)(C)C. The minimum absolute atomic E-state index is 0.0914. The summed E-state index contributed by atoms with van der Waals surface area (Å²) in [5.74, 6) is 0.0593. The highest BCUT2D eigenvalue weighted by atomic mass is 16.1. The lowest BCUT2D eigenvalue weighted by Crippen LogP contribution is -2.47. The number of rotatable bonds is 9. The first-order valence-corrected chi connectivity index (χ1v) is 8.50. The molecule has 0 amide bonds. The molecule has 0 bridgehead atoms. The van der Waals surface area contributed by atoms with Crippen molar-refractivity contribution in [2.24, 2.45) is 11.1 Å². The first-order chi connectivity index (χ1) is 11.0. The van der Waals surface area contributed by atoms with Gasteiger partial charge in [-0.3, -0.25) is 14.3 Å². The zero-order valence-electron chi connectivity index (χ0n) is 15.7. The van der Waals surface area contributed by atoms with Crippen molar-refractivity contribution in [2.75, 3.05) is 0 Å². The summed E-state index contributed by atoms with van der Waals surface area (Å²) in [5.41, 5.74) is 6.02. The zero-order chi connectivity index (χ0) is 18.5. The van der Waals surface area contributed by atoms with Gasteiger partial charge < -0.3 is 11.1 Å². The van der Waals surface area contributed by atoms with Crippen LogP contribution in [0.2, 0.25) is 0 Å². The highest BCUT2D eigenvalue weighted by Gasteiger charge is 2.31. The standard InChI is InChI=1S/C17H31N5O2/c1-7-11(2)19-15(16(24)17(4,5)6)8-13-9-22(21-20-13)10-14(18)12(3)23/h9,11,14-15,19H,7-8,10,18H2,1-6H3. The summed E-state index contributed by atoms with van der Waals surface area (Å²) in [5, 5.41) is 11.5. The van der Waals surface area contributed by atoms with Gasteiger partial charge >= 0.3 is 0 Å². The number of nitrogens with zero attached hydrogens (tertiary/aromatic N) is 3. The van der Waals surface area contributed by atoms with Crippen molar-refractivity contribution in [1.82, 2.24) is 20.3 Å². The summed E-state index contributed by atoms with van der Waals surface area (Å²) in [4.78, 5) is 24.0. The summed E-state index contributed by atoms with van der Waals surface area (Å²) < 4.78 is 1.56. The Hall–Kier alpha value is -1.60. The number of nitrogens with two attached hydrogens (primary N) is 1. The molecule has 0 spiro atoms. The highest BCUT2D eigenvalue weighted by molar-refractivity contribution is 5.89. The van der Waals surface area contributed by atoms with Crippen molar-refractivity contribution in [2.45, 2.75) is 79.1 Å². The van der Waals surface area contributed by atoms with E-state index in [2.05, 4.69) is 29.5 Å². The summed E-state index contributed by atoms with van der Waals surface area (Å²) in [6.07, 6.45) is 3.16. The Morgan fingerprint density at radius 1 is 1.38 bits per heavy atom. The number of nitrogens with one attached hydrogen (secondary N) is 1. The highest BCUT2D eigenvalue weighted by Crippen LogP contribution is 2.19. The number of ketones is 2. The Labute approximate surface area is 144 Å². The van der Waals surface area contributed by atoms with E-state index in [1.807, 2.05) is 20.8 Å². The van der Waals surface area contributed by atoms with Crippen molar-refractivity contribution < 1.29 is 9.59 Å². The van der Waals surface area contributed by atoms with Crippen LogP contribution >= 0.6 is 0 Å². The molecule has 3 atom stereocenters. The normalized spacial score (nSPS) is 15.8. The minimum Gasteiger partial charge on any atom is -0.320 e. The molecule has 7 heteroatoms. The molecule has 3 unspecified atom stereocenters. The van der Waals surface area contributed by atoms with Gasteiger partial charge in [0.2, 0.25) is 0 Å². The van der Waals surface area contributed by atoms with Crippen molar-refractivity contribution in [3.8, 4) is 0 Å². The van der Waals surface area contributed by atoms with Crippen LogP contribution < -0.4 is 11.1 Å². The van der Waals surface area contributed by atoms with Crippen LogP contribution in [0.3, 0.4) is 0 Å². The molecule has 1 aromatic heterocycles. The molecule has 24 heavy (non-hydrogen) atoms. The van der Waals surface area contributed by atoms with Crippen molar-refractivity contribution >= 4 is 11.6 Å². The Bertz CT molecular complexity index is 562. The van der Waals surface area contributed by atoms with Gasteiger partial charge in [0.25, 0.3) is 0 Å². The Balaban J connectivity index is 2.85. The molecule has 0 aliphatic heterocycles. The van der Waals surface area contributed by atoms with Crippen LogP contribution in [-0.2, 0) is 22.6 Å². The number of aromatic nitrogens is 3. The van der Waals surface area contributed by atoms with Gasteiger partial charge in [0.15, 0.2) is 5.78 Å². The second-order valence-corrected chi connectivity index (χ2v) is 7.50. The lowest BCUT2D eigenvalue weighted by molar-refractivity contribution is -0.128. The van der Waals surface area contributed by atoms with E-state index in [0.717, 1.165) is 6.42 Å². The molecule has 1 heterocycles. The van der Waals surface area contributed by atoms with E-state index in [0.29, 0.717) is 18.7 Å². The third-order valence-electron chi connectivity index (χ3n) is 4.06. The Morgan fingerprint density at radius 2 is 2.00 bits per heavy atom. The molecular weight excluding hydrogens is 306 g/mol. The molecule has 0 saturated heterocycles. The fourth-order valence-electron chi connectivity index (χ4n) is 2.27. The van der Waals surface area contributed by atoms with E-state index in [-0.39, 0.29) is 23.7 Å². The number of carbonyl (C=O) groups excluding carboxylic acids is 2. The molecule has 136 valence electrons. The third kappa shape index (κ3) is 6.13. The topological polar surface area (TPSA) is 103 Å². The summed E-state index contributed by atoms with van der Waals surface area (Å²) in [7, 11) is 0. The van der Waals surface area contributed by atoms with Crippen molar-refractivity contribution in [3.63, 3.8) is 0 Å². The first-order valence-electron chi connectivity index (χ1n) is 8.50. The molecule has 0 aliphatic carbocycles. The first kappa shape index (κ1) is 20.4. The van der Waals surface area contributed by atoms with Gasteiger partial charge in [0, 0.05) is 24.1 Å². The predicted octanol–water partition coefficient (Wildman–Crippen LogP) is 1.11. The van der Waals surface area contributed by atoms with Crippen LogP contribution in [0.5, 0.6) is 0 Å². The van der Waals surface area contributed by atoms with E-state index in [1.165, 1.54) is 6.92 Å². The maximum absolute atomic E-state index is 12.7. The van der Waals surface area contributed by atoms with E-state index >= 15 is 0 Å². The maximum atomic E-state index is 12.7. The fourth-order valence-corrected chi connectivity index (χ4v) is 2.27. The van der Waals surface area contributed by atoms with E-state index in [4.69, 9.17) is 5.73 Å². The molecule has 3 N–H and O–H groups in total. The third-order valence-corrected chi connectivity index (χ3v) is 4.06. The van der Waals surface area contributed by atoms with Crippen molar-refractivity contribution in [1.29, 1.82) is 0 Å². The number of hydrogen-bond donors (Lipinski definition) is 2. The Morgan fingerprint density at radius 3 is 2.50 bits per heavy atom. The van der Waals surface area contributed by atoms with Crippen LogP contribution in [0.25, 0.3) is 0 Å². The monoisotopic (exact) mass is 337 g/mol. The molecule has 1 aromatic rings. The Kier molecular flexibility index (Phi) is 7.23. The molecule has 0 aromatic carbocycles. The minimum atomic E-state index is -0.593. The quantitative estimate of drug-likeness (QED) is 0.700. The van der Waals surface area contributed by atoms with Gasteiger partial charge in [-0.15, -0.1) is 5.10 Å². The van der Waals surface area contributed by atoms with Crippen LogP contribution in [0.15, 0.2) is 6.20 Å². The van der Waals surface area contributed by atoms with E-state index in [9.17, 15) is 9.59 Å². The van der Waals surface area contributed by atoms with Crippen LogP contribution in [0, 0.1) is 5.41 Å². The van der Waals surface area contributed by atoms with E-state index < -0.39 is 11.5 Å². The fraction of sp³-hybridized carbons (Fsp3) is 0.765. The number of Topliss-reactive ketones (excluding diaryl/α,β-unsaturated/α-hetero) is 2. The van der Waals surface area contributed by atoms with Crippen LogP contribution in [0.4, 0.5) is 0 Å². The molecule has 0 radical (unpaired) electrons. The lowest BCUT2D eigenvalue weighted by Gasteiger charge is -2.27. The maximum Gasteiger partial charge on any atom is 0.155 e. The summed E-state index contributed by atoms with van der Waals surface area (Å²) in [6.45, 7) is 11.6. The van der Waals surface area contributed by atoms with Gasteiger partial charge in [0.1, 0.15) is 5.78 Å². The van der Waals surface area contributed by atoms with Gasteiger partial charge in [0.05, 0.1) is 24.3 Å². The summed E-state index contributed by atoms with van der Waals surface area (Å²) >= 11 is 0. The lowest BCUT2D eigenvalue weighted by atomic mass is 9.84. The van der Waals surface area contributed by atoms with Crippen molar-refractivity contribution in [3.05, 3.63) is 11.9 Å². The predicted molar refractivity (Wildman–Crippen MR) is 93.5 cm³/mol. The smallest absolute Gasteiger partial charge is 0.155 e. The van der Waals surface area contributed by atoms with Gasteiger partial charge in [-0.05, 0) is 20.3 Å². The zero-order valence-corrected chi connectivity index (χ0v) is 15.7. The van der Waals surface area contributed by atoms with Gasteiger partial charge in [-0.25, -0.2) is 0 Å². The molecule has 1 rings (SSSR count). The van der Waals surface area contributed by atoms with Crippen LogP contribution in [-0.4, -0.2) is 44.7 Å². The molecule has 0 aliphatic rings. The van der Waals surface area contributed by atoms with Gasteiger partial charge in [-0.2, -0.15) is 0 Å². The molecular formula is C17H31N5O2. The second-order valence-electron chi connectivity index (χ2n) is 7.50. The number of carbonyl (C=O) groups is 2. The molecule has 0 saturated carbocycles. The average molecular weight is 337 g/mol. The summed E-state index contributed by atoms with van der Waals surface area (Å²) in [6, 6.07) is -0.668. The number of hydrogen-bond acceptors (Lipinski definition) is 6. The average Bonchev–Trinajstić information content (AvgIpc) is 2.91. The van der Waals surface area contributed by atoms with Crippen LogP contribution in [0.1, 0.15) is 53.7 Å². The van der Waals surface area contributed by atoms with Gasteiger partial charge in [-0.1, -0.05) is 32.9 Å².